The molecule has 0 bridgehead atoms. The van der Waals surface area contributed by atoms with Crippen molar-refractivity contribution in [2.75, 3.05) is 18.0 Å². The molecule has 0 N–H and O–H groups in total. The second-order valence-corrected chi connectivity index (χ2v) is 8.07. The molecule has 166 valence electrons. The monoisotopic (exact) mass is 433 g/mol. The fourth-order valence-electron chi connectivity index (χ4n) is 4.30. The summed E-state index contributed by atoms with van der Waals surface area (Å²) in [7, 11) is 0. The van der Waals surface area contributed by atoms with Crippen LogP contribution in [0.4, 0.5) is 11.4 Å². The van der Waals surface area contributed by atoms with Gasteiger partial charge in [-0.25, -0.2) is 0 Å². The minimum atomic E-state index is -0.328. The topological polar surface area (TPSA) is 79.8 Å². The average molecular weight is 434 g/mol. The lowest BCUT2D eigenvalue weighted by Gasteiger charge is -2.38. The number of amides is 1. The molecule has 1 saturated heterocycles. The highest BCUT2D eigenvalue weighted by Crippen LogP contribution is 2.28. The van der Waals surface area contributed by atoms with Crippen molar-refractivity contribution in [2.45, 2.75) is 38.8 Å². The second-order valence-electron chi connectivity index (χ2n) is 8.07. The number of aryl methyl sites for hydroxylation is 1. The predicted molar refractivity (Wildman–Crippen MR) is 123 cm³/mol. The lowest BCUT2D eigenvalue weighted by atomic mass is 10.0. The summed E-state index contributed by atoms with van der Waals surface area (Å²) in [5, 5.41) is 11.3. The zero-order chi connectivity index (χ0) is 22.5. The smallest absolute Gasteiger partial charge is 0.294 e. The summed E-state index contributed by atoms with van der Waals surface area (Å²) >= 11 is 0. The number of rotatable bonds is 7. The van der Waals surface area contributed by atoms with Gasteiger partial charge in [0.25, 0.3) is 11.6 Å². The Kier molecular flexibility index (Phi) is 6.66. The van der Waals surface area contributed by atoms with Crippen LogP contribution >= 0.6 is 0 Å². The maximum atomic E-state index is 13.3. The van der Waals surface area contributed by atoms with E-state index >= 15 is 0 Å². The highest BCUT2D eigenvalue weighted by atomic mass is 16.6. The number of hydrogen-bond acceptors (Lipinski definition) is 5. The lowest BCUT2D eigenvalue weighted by Crippen LogP contribution is -2.47. The number of likely N-dealkylation sites (tertiary alicyclic amines) is 1. The van der Waals surface area contributed by atoms with Crippen LogP contribution in [0.5, 0.6) is 0 Å². The summed E-state index contributed by atoms with van der Waals surface area (Å²) < 4.78 is 5.40. The molecule has 7 heteroatoms. The molecule has 1 aromatic heterocycles. The number of anilines is 1. The number of carbonyl (C=O) groups excluding carboxylic acids is 1. The van der Waals surface area contributed by atoms with E-state index in [9.17, 15) is 14.9 Å². The first-order chi connectivity index (χ1) is 15.6. The fourth-order valence-corrected chi connectivity index (χ4v) is 4.30. The van der Waals surface area contributed by atoms with E-state index in [0.717, 1.165) is 43.6 Å². The van der Waals surface area contributed by atoms with E-state index in [-0.39, 0.29) is 22.6 Å². The molecule has 0 atom stereocenters. The third-order valence-electron chi connectivity index (χ3n) is 6.08. The number of hydrogen-bond donors (Lipinski definition) is 0. The number of nitrogens with zero attached hydrogens (tertiary/aromatic N) is 3. The summed E-state index contributed by atoms with van der Waals surface area (Å²) in [6, 6.07) is 18.4. The highest BCUT2D eigenvalue weighted by Gasteiger charge is 2.31. The van der Waals surface area contributed by atoms with E-state index in [1.54, 1.807) is 24.3 Å². The Morgan fingerprint density at radius 1 is 1.09 bits per heavy atom. The Balaban J connectivity index is 1.50. The quantitative estimate of drug-likeness (QED) is 0.384. The maximum Gasteiger partial charge on any atom is 0.294 e. The predicted octanol–water partition coefficient (Wildman–Crippen LogP) is 5.06. The Labute approximate surface area is 187 Å². The Morgan fingerprint density at radius 2 is 1.81 bits per heavy atom. The summed E-state index contributed by atoms with van der Waals surface area (Å²) in [5.74, 6) is 0.184. The first kappa shape index (κ1) is 21.8. The molecule has 2 heterocycles. The molecule has 3 aromatic rings. The van der Waals surface area contributed by atoms with Crippen LogP contribution in [0.15, 0.2) is 71.3 Å². The van der Waals surface area contributed by atoms with Crippen LogP contribution in [-0.4, -0.2) is 34.9 Å². The Morgan fingerprint density at radius 3 is 2.44 bits per heavy atom. The normalized spacial score (nSPS) is 14.9. The van der Waals surface area contributed by atoms with Gasteiger partial charge in [0.2, 0.25) is 0 Å². The number of nitro benzene ring substituents is 1. The number of carbonyl (C=O) groups is 1. The average Bonchev–Trinajstić information content (AvgIpc) is 3.36. The van der Waals surface area contributed by atoms with Gasteiger partial charge >= 0.3 is 0 Å². The summed E-state index contributed by atoms with van der Waals surface area (Å²) in [5.41, 5.74) is 2.95. The van der Waals surface area contributed by atoms with Crippen molar-refractivity contribution in [2.24, 2.45) is 0 Å². The van der Waals surface area contributed by atoms with Gasteiger partial charge in [0.05, 0.1) is 11.2 Å². The second kappa shape index (κ2) is 9.78. The van der Waals surface area contributed by atoms with Crippen molar-refractivity contribution in [3.63, 3.8) is 0 Å². The number of furan rings is 1. The molecule has 1 aliphatic rings. The first-order valence-electron chi connectivity index (χ1n) is 11.0. The molecule has 0 saturated carbocycles. The van der Waals surface area contributed by atoms with E-state index in [1.165, 1.54) is 11.8 Å². The third-order valence-corrected chi connectivity index (χ3v) is 6.08. The molecular formula is C25H27N3O4. The standard InChI is InChI=1S/C25H27N3O4/c1-2-19-9-11-21(12-10-19)27(25(29)24-8-5-17-32-24)22-13-15-26(16-14-22)18-20-6-3-4-7-23(20)28(30)31/h3-12,17,22H,2,13-16,18H2,1H3. The van der Waals surface area contributed by atoms with Crippen molar-refractivity contribution in [3.05, 3.63) is 93.9 Å². The molecular weight excluding hydrogens is 406 g/mol. The fraction of sp³-hybridized carbons (Fsp3) is 0.320. The van der Waals surface area contributed by atoms with Gasteiger partial charge in [-0.2, -0.15) is 0 Å². The van der Waals surface area contributed by atoms with Gasteiger partial charge in [-0.1, -0.05) is 37.3 Å². The van der Waals surface area contributed by atoms with Gasteiger partial charge in [0.1, 0.15) is 0 Å². The minimum absolute atomic E-state index is 0.0297. The SMILES string of the molecule is CCc1ccc(N(C(=O)c2ccco2)C2CCN(Cc3ccccc3[N+](=O)[O-])CC2)cc1. The van der Waals surface area contributed by atoms with E-state index < -0.39 is 0 Å². The van der Waals surface area contributed by atoms with E-state index in [1.807, 2.05) is 29.2 Å². The van der Waals surface area contributed by atoms with E-state index in [0.29, 0.717) is 12.3 Å². The van der Waals surface area contributed by atoms with E-state index in [4.69, 9.17) is 4.42 Å². The van der Waals surface area contributed by atoms with Gasteiger partial charge < -0.3 is 9.32 Å². The lowest BCUT2D eigenvalue weighted by molar-refractivity contribution is -0.385. The number of nitro groups is 1. The van der Waals surface area contributed by atoms with Gasteiger partial charge in [-0.05, 0) is 49.1 Å². The largest absolute Gasteiger partial charge is 0.459 e. The summed E-state index contributed by atoms with van der Waals surface area (Å²) in [6.07, 6.45) is 4.02. The van der Waals surface area contributed by atoms with Crippen molar-refractivity contribution in [1.82, 2.24) is 4.90 Å². The highest BCUT2D eigenvalue weighted by molar-refractivity contribution is 6.04. The van der Waals surface area contributed by atoms with Gasteiger partial charge in [-0.15, -0.1) is 0 Å². The van der Waals surface area contributed by atoms with Crippen LogP contribution in [-0.2, 0) is 13.0 Å². The van der Waals surface area contributed by atoms with Crippen LogP contribution < -0.4 is 4.90 Å². The number of para-hydroxylation sites is 1. The van der Waals surface area contributed by atoms with Crippen molar-refractivity contribution in [1.29, 1.82) is 0 Å². The molecule has 2 aromatic carbocycles. The minimum Gasteiger partial charge on any atom is -0.459 e. The molecule has 7 nitrogen and oxygen atoms in total. The zero-order valence-electron chi connectivity index (χ0n) is 18.1. The van der Waals surface area contributed by atoms with E-state index in [2.05, 4.69) is 24.0 Å². The van der Waals surface area contributed by atoms with Crippen LogP contribution in [0.3, 0.4) is 0 Å². The first-order valence-corrected chi connectivity index (χ1v) is 11.0. The molecule has 0 radical (unpaired) electrons. The molecule has 32 heavy (non-hydrogen) atoms. The van der Waals surface area contributed by atoms with Crippen LogP contribution in [0.2, 0.25) is 0 Å². The maximum absolute atomic E-state index is 13.3. The molecule has 1 aliphatic heterocycles. The van der Waals surface area contributed by atoms with Crippen LogP contribution in [0.25, 0.3) is 0 Å². The molecule has 1 fully saturated rings. The molecule has 0 spiro atoms. The molecule has 0 unspecified atom stereocenters. The molecule has 4 rings (SSSR count). The Hall–Kier alpha value is -3.45. The third kappa shape index (κ3) is 4.73. The van der Waals surface area contributed by atoms with Crippen LogP contribution in [0, 0.1) is 10.1 Å². The number of benzene rings is 2. The van der Waals surface area contributed by atoms with Gasteiger partial charge in [-0.3, -0.25) is 19.8 Å². The summed E-state index contributed by atoms with van der Waals surface area (Å²) in [4.78, 5) is 28.4. The van der Waals surface area contributed by atoms with Crippen LogP contribution in [0.1, 0.15) is 41.4 Å². The van der Waals surface area contributed by atoms with Crippen molar-refractivity contribution >= 4 is 17.3 Å². The summed E-state index contributed by atoms with van der Waals surface area (Å²) in [6.45, 7) is 4.15. The molecule has 0 aliphatic carbocycles. The zero-order valence-corrected chi connectivity index (χ0v) is 18.1. The Bertz CT molecular complexity index is 1060. The number of piperidine rings is 1. The van der Waals surface area contributed by atoms with Gasteiger partial charge in [0.15, 0.2) is 5.76 Å². The van der Waals surface area contributed by atoms with Gasteiger partial charge in [0, 0.05) is 43.0 Å². The molecule has 1 amide bonds. The van der Waals surface area contributed by atoms with Crippen molar-refractivity contribution in [3.8, 4) is 0 Å². The van der Waals surface area contributed by atoms with Crippen molar-refractivity contribution < 1.29 is 14.1 Å².